The maximum Gasteiger partial charge on any atom is 0.221 e. The van der Waals surface area contributed by atoms with Crippen LogP contribution in [0.3, 0.4) is 0 Å². The van der Waals surface area contributed by atoms with Gasteiger partial charge < -0.3 is 10.1 Å². The second kappa shape index (κ2) is 3.79. The predicted octanol–water partition coefficient (Wildman–Crippen LogP) is 0.803. The van der Waals surface area contributed by atoms with Crippen LogP contribution >= 0.6 is 0 Å². The Morgan fingerprint density at radius 2 is 2.64 bits per heavy atom. The molecule has 1 aromatic heterocycles. The fourth-order valence-electron chi connectivity index (χ4n) is 1.54. The second-order valence-corrected chi connectivity index (χ2v) is 3.41. The fraction of sp³-hybridized carbons (Fsp3) is 0.556. The fourth-order valence-corrected chi connectivity index (χ4v) is 1.54. The average molecular weight is 195 g/mol. The topological polar surface area (TPSA) is 56.2 Å². The molecule has 14 heavy (non-hydrogen) atoms. The molecule has 2 heterocycles. The summed E-state index contributed by atoms with van der Waals surface area (Å²) < 4.78 is 7.10. The van der Waals surface area contributed by atoms with Crippen LogP contribution in [-0.4, -0.2) is 28.9 Å². The van der Waals surface area contributed by atoms with Gasteiger partial charge >= 0.3 is 0 Å². The van der Waals surface area contributed by atoms with E-state index in [1.54, 1.807) is 6.20 Å². The maximum absolute atomic E-state index is 10.8. The van der Waals surface area contributed by atoms with Gasteiger partial charge in [0, 0.05) is 19.7 Å². The van der Waals surface area contributed by atoms with Gasteiger partial charge in [-0.05, 0) is 6.42 Å². The van der Waals surface area contributed by atoms with E-state index in [1.807, 2.05) is 10.9 Å². The third kappa shape index (κ3) is 1.93. The lowest BCUT2D eigenvalue weighted by molar-refractivity contribution is -0.114. The van der Waals surface area contributed by atoms with Gasteiger partial charge in [0.25, 0.3) is 0 Å². The van der Waals surface area contributed by atoms with Crippen LogP contribution in [-0.2, 0) is 9.53 Å². The third-order valence-electron chi connectivity index (χ3n) is 2.20. The summed E-state index contributed by atoms with van der Waals surface area (Å²) in [5.74, 6) is -0.0766. The molecule has 5 nitrogen and oxygen atoms in total. The van der Waals surface area contributed by atoms with Crippen LogP contribution in [0.1, 0.15) is 19.4 Å². The van der Waals surface area contributed by atoms with Crippen LogP contribution in [0.15, 0.2) is 12.4 Å². The number of hydrogen-bond acceptors (Lipinski definition) is 3. The molecule has 1 aromatic rings. The van der Waals surface area contributed by atoms with Crippen molar-refractivity contribution in [2.45, 2.75) is 19.4 Å². The molecular weight excluding hydrogens is 182 g/mol. The Balaban J connectivity index is 2.05. The van der Waals surface area contributed by atoms with Gasteiger partial charge in [-0.2, -0.15) is 5.10 Å². The minimum Gasteiger partial charge on any atom is -0.379 e. The number of carbonyl (C=O) groups is 1. The summed E-state index contributed by atoms with van der Waals surface area (Å²) in [6.07, 6.45) is 4.47. The van der Waals surface area contributed by atoms with Crippen molar-refractivity contribution in [1.82, 2.24) is 9.78 Å². The Morgan fingerprint density at radius 1 is 1.79 bits per heavy atom. The number of amides is 1. The SMILES string of the molecule is CC(=O)Nc1cnn([C@H]2CCOC2)c1. The molecule has 0 unspecified atom stereocenters. The van der Waals surface area contributed by atoms with Gasteiger partial charge in [-0.1, -0.05) is 0 Å². The van der Waals surface area contributed by atoms with Crippen molar-refractivity contribution >= 4 is 11.6 Å². The summed E-state index contributed by atoms with van der Waals surface area (Å²) in [7, 11) is 0. The number of nitrogens with one attached hydrogen (secondary N) is 1. The third-order valence-corrected chi connectivity index (χ3v) is 2.20. The quantitative estimate of drug-likeness (QED) is 0.759. The van der Waals surface area contributed by atoms with Crippen molar-refractivity contribution in [1.29, 1.82) is 0 Å². The Bertz CT molecular complexity index is 329. The van der Waals surface area contributed by atoms with Crippen LogP contribution in [0.25, 0.3) is 0 Å². The van der Waals surface area contributed by atoms with Crippen molar-refractivity contribution in [3.8, 4) is 0 Å². The smallest absolute Gasteiger partial charge is 0.221 e. The number of carbonyl (C=O) groups excluding carboxylic acids is 1. The van der Waals surface area contributed by atoms with Gasteiger partial charge in [-0.15, -0.1) is 0 Å². The van der Waals surface area contributed by atoms with Crippen LogP contribution in [0.2, 0.25) is 0 Å². The highest BCUT2D eigenvalue weighted by atomic mass is 16.5. The lowest BCUT2D eigenvalue weighted by Gasteiger charge is -2.06. The van der Waals surface area contributed by atoms with E-state index in [1.165, 1.54) is 6.92 Å². The molecular formula is C9H13N3O2. The van der Waals surface area contributed by atoms with Gasteiger partial charge in [0.1, 0.15) is 0 Å². The number of ether oxygens (including phenoxy) is 1. The Labute approximate surface area is 82.0 Å². The zero-order valence-electron chi connectivity index (χ0n) is 8.06. The summed E-state index contributed by atoms with van der Waals surface area (Å²) in [5, 5.41) is 6.86. The van der Waals surface area contributed by atoms with Crippen molar-refractivity contribution in [2.75, 3.05) is 18.5 Å². The molecule has 1 aliphatic rings. The van der Waals surface area contributed by atoms with E-state index in [2.05, 4.69) is 10.4 Å². The van der Waals surface area contributed by atoms with Crippen molar-refractivity contribution in [2.24, 2.45) is 0 Å². The molecule has 0 spiro atoms. The van der Waals surface area contributed by atoms with E-state index in [-0.39, 0.29) is 5.91 Å². The first-order valence-electron chi connectivity index (χ1n) is 4.65. The van der Waals surface area contributed by atoms with E-state index in [0.717, 1.165) is 18.7 Å². The summed E-state index contributed by atoms with van der Waals surface area (Å²) >= 11 is 0. The Hall–Kier alpha value is -1.36. The van der Waals surface area contributed by atoms with E-state index in [9.17, 15) is 4.79 Å². The van der Waals surface area contributed by atoms with E-state index < -0.39 is 0 Å². The highest BCUT2D eigenvalue weighted by Gasteiger charge is 2.18. The van der Waals surface area contributed by atoms with Crippen LogP contribution in [0.4, 0.5) is 5.69 Å². The maximum atomic E-state index is 10.8. The van der Waals surface area contributed by atoms with Crippen molar-refractivity contribution < 1.29 is 9.53 Å². The molecule has 1 saturated heterocycles. The molecule has 2 rings (SSSR count). The van der Waals surface area contributed by atoms with Crippen molar-refractivity contribution in [3.63, 3.8) is 0 Å². The highest BCUT2D eigenvalue weighted by Crippen LogP contribution is 2.19. The van der Waals surface area contributed by atoms with Gasteiger partial charge in [0.05, 0.1) is 24.5 Å². The van der Waals surface area contributed by atoms with Gasteiger partial charge in [-0.3, -0.25) is 9.48 Å². The van der Waals surface area contributed by atoms with Crippen LogP contribution in [0, 0.1) is 0 Å². The molecule has 0 aliphatic carbocycles. The molecule has 1 fully saturated rings. The molecule has 0 radical (unpaired) electrons. The zero-order chi connectivity index (χ0) is 9.97. The number of rotatable bonds is 2. The zero-order valence-corrected chi connectivity index (χ0v) is 8.06. The van der Waals surface area contributed by atoms with E-state index in [4.69, 9.17) is 4.74 Å². The van der Waals surface area contributed by atoms with E-state index >= 15 is 0 Å². The van der Waals surface area contributed by atoms with Crippen molar-refractivity contribution in [3.05, 3.63) is 12.4 Å². The first-order chi connectivity index (χ1) is 6.75. The minimum atomic E-state index is -0.0766. The Morgan fingerprint density at radius 3 is 3.29 bits per heavy atom. The molecule has 0 bridgehead atoms. The number of nitrogens with zero attached hydrogens (tertiary/aromatic N) is 2. The first kappa shape index (κ1) is 9.21. The molecule has 1 amide bonds. The normalized spacial score (nSPS) is 21.1. The molecule has 0 saturated carbocycles. The molecule has 0 aromatic carbocycles. The summed E-state index contributed by atoms with van der Waals surface area (Å²) in [5.41, 5.74) is 0.740. The highest BCUT2D eigenvalue weighted by molar-refractivity contribution is 5.88. The molecule has 1 N–H and O–H groups in total. The second-order valence-electron chi connectivity index (χ2n) is 3.41. The lowest BCUT2D eigenvalue weighted by Crippen LogP contribution is -2.09. The molecule has 5 heteroatoms. The minimum absolute atomic E-state index is 0.0766. The summed E-state index contributed by atoms with van der Waals surface area (Å²) in [4.78, 5) is 10.8. The summed E-state index contributed by atoms with van der Waals surface area (Å²) in [6.45, 7) is 2.98. The number of anilines is 1. The number of hydrogen-bond donors (Lipinski definition) is 1. The lowest BCUT2D eigenvalue weighted by atomic mass is 10.3. The van der Waals surface area contributed by atoms with Crippen LogP contribution < -0.4 is 5.32 Å². The van der Waals surface area contributed by atoms with Gasteiger partial charge in [0.15, 0.2) is 0 Å². The van der Waals surface area contributed by atoms with Crippen LogP contribution in [0.5, 0.6) is 0 Å². The number of aromatic nitrogens is 2. The van der Waals surface area contributed by atoms with Gasteiger partial charge in [-0.25, -0.2) is 0 Å². The molecule has 1 atom stereocenters. The molecule has 1 aliphatic heterocycles. The first-order valence-corrected chi connectivity index (χ1v) is 4.65. The monoisotopic (exact) mass is 195 g/mol. The Kier molecular flexibility index (Phi) is 2.49. The molecule has 76 valence electrons. The van der Waals surface area contributed by atoms with Gasteiger partial charge in [0.2, 0.25) is 5.91 Å². The van der Waals surface area contributed by atoms with E-state index in [0.29, 0.717) is 12.6 Å². The largest absolute Gasteiger partial charge is 0.379 e. The average Bonchev–Trinajstić information content (AvgIpc) is 2.69. The standard InChI is InChI=1S/C9H13N3O2/c1-7(13)11-8-4-10-12(5-8)9-2-3-14-6-9/h4-5,9H,2-3,6H2,1H3,(H,11,13)/t9-/m0/s1. The predicted molar refractivity (Wildman–Crippen MR) is 51.0 cm³/mol. The summed E-state index contributed by atoms with van der Waals surface area (Å²) in [6, 6.07) is 0.317.